The Balaban J connectivity index is 1.07. The van der Waals surface area contributed by atoms with Crippen molar-refractivity contribution in [2.45, 2.75) is 0 Å². The molecule has 0 saturated carbocycles. The van der Waals surface area contributed by atoms with Crippen LogP contribution < -0.4 is 4.90 Å². The highest BCUT2D eigenvalue weighted by Crippen LogP contribution is 2.46. The lowest BCUT2D eigenvalue weighted by Crippen LogP contribution is -2.11. The van der Waals surface area contributed by atoms with E-state index in [0.717, 1.165) is 39.4 Å². The number of fused-ring (bicyclic) bond motifs is 4. The van der Waals surface area contributed by atoms with Gasteiger partial charge < -0.3 is 9.47 Å². The molecule has 11 aromatic carbocycles. The standard InChI is InChI=1S/C64H44N2/c1-4-16-45(17-5-1)48-30-36-55(37-31-48)65(56-38-32-49(33-39-56)46-18-6-2-7-19-46)62-26-14-12-24-58(62)57-40-34-52(51-29-28-47-20-10-11-21-50(47)42-51)43-61(57)53-35-41-60-59-25-13-15-27-63(59)66(64(60)44-53)54-22-8-3-9-23-54/h1-44H. The van der Waals surface area contributed by atoms with Gasteiger partial charge in [0, 0.05) is 33.4 Å². The third kappa shape index (κ3) is 7.12. The zero-order valence-electron chi connectivity index (χ0n) is 36.3. The van der Waals surface area contributed by atoms with E-state index in [4.69, 9.17) is 0 Å². The number of hydrogen-bond acceptors (Lipinski definition) is 1. The van der Waals surface area contributed by atoms with Crippen molar-refractivity contribution >= 4 is 49.6 Å². The Bertz CT molecular complexity index is 3580. The van der Waals surface area contributed by atoms with Crippen molar-refractivity contribution < 1.29 is 0 Å². The predicted octanol–water partition coefficient (Wildman–Crippen LogP) is 17.7. The summed E-state index contributed by atoms with van der Waals surface area (Å²) in [6.45, 7) is 0. The Hall–Kier alpha value is -8.72. The van der Waals surface area contributed by atoms with E-state index in [0.29, 0.717) is 0 Å². The first kappa shape index (κ1) is 38.9. The fourth-order valence-corrected chi connectivity index (χ4v) is 9.75. The molecular weight excluding hydrogens is 797 g/mol. The minimum absolute atomic E-state index is 1.08. The summed E-state index contributed by atoms with van der Waals surface area (Å²) in [6.07, 6.45) is 0. The summed E-state index contributed by atoms with van der Waals surface area (Å²) in [6, 6.07) is 97.1. The van der Waals surface area contributed by atoms with E-state index < -0.39 is 0 Å². The first-order valence-electron chi connectivity index (χ1n) is 22.7. The molecule has 2 heteroatoms. The molecular formula is C64H44N2. The molecule has 0 aliphatic heterocycles. The molecule has 12 aromatic rings. The van der Waals surface area contributed by atoms with Crippen LogP contribution in [0.5, 0.6) is 0 Å². The lowest BCUT2D eigenvalue weighted by atomic mass is 9.89. The Labute approximate surface area is 385 Å². The van der Waals surface area contributed by atoms with Gasteiger partial charge in [-0.2, -0.15) is 0 Å². The highest BCUT2D eigenvalue weighted by molar-refractivity contribution is 6.11. The van der Waals surface area contributed by atoms with Crippen LogP contribution in [-0.4, -0.2) is 4.57 Å². The summed E-state index contributed by atoms with van der Waals surface area (Å²) in [5.74, 6) is 0. The summed E-state index contributed by atoms with van der Waals surface area (Å²) in [7, 11) is 0. The number of aromatic nitrogens is 1. The number of benzene rings is 11. The molecule has 0 spiro atoms. The van der Waals surface area contributed by atoms with Gasteiger partial charge in [0.1, 0.15) is 0 Å². The van der Waals surface area contributed by atoms with Gasteiger partial charge in [-0.15, -0.1) is 0 Å². The van der Waals surface area contributed by atoms with E-state index in [9.17, 15) is 0 Å². The van der Waals surface area contributed by atoms with Crippen LogP contribution in [0.2, 0.25) is 0 Å². The highest BCUT2D eigenvalue weighted by Gasteiger charge is 2.21. The summed E-state index contributed by atoms with van der Waals surface area (Å²) in [4.78, 5) is 2.41. The summed E-state index contributed by atoms with van der Waals surface area (Å²) in [5, 5.41) is 4.94. The molecule has 1 aromatic heterocycles. The number of anilines is 3. The lowest BCUT2D eigenvalue weighted by Gasteiger charge is -2.29. The molecule has 0 aliphatic rings. The Morgan fingerprint density at radius 1 is 0.258 bits per heavy atom. The predicted molar refractivity (Wildman–Crippen MR) is 280 cm³/mol. The van der Waals surface area contributed by atoms with Crippen LogP contribution in [-0.2, 0) is 0 Å². The van der Waals surface area contributed by atoms with Crippen molar-refractivity contribution in [1.82, 2.24) is 4.57 Å². The maximum absolute atomic E-state index is 2.41. The van der Waals surface area contributed by atoms with Gasteiger partial charge in [0.25, 0.3) is 0 Å². The van der Waals surface area contributed by atoms with Gasteiger partial charge in [0.15, 0.2) is 0 Å². The average Bonchev–Trinajstić information content (AvgIpc) is 3.73. The number of hydrogen-bond donors (Lipinski definition) is 0. The van der Waals surface area contributed by atoms with Crippen molar-refractivity contribution in [2.75, 3.05) is 4.90 Å². The molecule has 0 saturated heterocycles. The average molecular weight is 841 g/mol. The Morgan fingerprint density at radius 3 is 1.45 bits per heavy atom. The minimum Gasteiger partial charge on any atom is -0.310 e. The van der Waals surface area contributed by atoms with Crippen molar-refractivity contribution in [3.05, 3.63) is 267 Å². The summed E-state index contributed by atoms with van der Waals surface area (Å²) < 4.78 is 2.41. The third-order valence-corrected chi connectivity index (χ3v) is 13.0. The first-order chi connectivity index (χ1) is 32.7. The van der Waals surface area contributed by atoms with Crippen LogP contribution in [0, 0.1) is 0 Å². The zero-order chi connectivity index (χ0) is 43.8. The van der Waals surface area contributed by atoms with E-state index >= 15 is 0 Å². The van der Waals surface area contributed by atoms with Gasteiger partial charge in [0.05, 0.1) is 16.7 Å². The van der Waals surface area contributed by atoms with Crippen molar-refractivity contribution in [3.8, 4) is 61.3 Å². The molecule has 0 radical (unpaired) electrons. The van der Waals surface area contributed by atoms with E-state index in [1.165, 1.54) is 71.5 Å². The number of rotatable bonds is 9. The lowest BCUT2D eigenvalue weighted by molar-refractivity contribution is 1.18. The molecule has 0 amide bonds. The van der Waals surface area contributed by atoms with E-state index in [1.54, 1.807) is 0 Å². The summed E-state index contributed by atoms with van der Waals surface area (Å²) >= 11 is 0. The quantitative estimate of drug-likeness (QED) is 0.141. The molecule has 0 fully saturated rings. The molecule has 310 valence electrons. The van der Waals surface area contributed by atoms with Crippen LogP contribution >= 0.6 is 0 Å². The number of nitrogens with zero attached hydrogens (tertiary/aromatic N) is 2. The molecule has 12 rings (SSSR count). The van der Waals surface area contributed by atoms with E-state index in [-0.39, 0.29) is 0 Å². The first-order valence-corrected chi connectivity index (χ1v) is 22.7. The second-order valence-corrected chi connectivity index (χ2v) is 16.9. The second-order valence-electron chi connectivity index (χ2n) is 16.9. The summed E-state index contributed by atoms with van der Waals surface area (Å²) in [5.41, 5.74) is 18.5. The van der Waals surface area contributed by atoms with Gasteiger partial charge in [-0.1, -0.05) is 200 Å². The van der Waals surface area contributed by atoms with Gasteiger partial charge in [0.2, 0.25) is 0 Å². The smallest absolute Gasteiger partial charge is 0.0547 e. The van der Waals surface area contributed by atoms with Crippen molar-refractivity contribution in [3.63, 3.8) is 0 Å². The normalized spacial score (nSPS) is 11.3. The Kier molecular flexibility index (Phi) is 9.89. The van der Waals surface area contributed by atoms with Crippen molar-refractivity contribution in [1.29, 1.82) is 0 Å². The van der Waals surface area contributed by atoms with Gasteiger partial charge in [-0.3, -0.25) is 0 Å². The van der Waals surface area contributed by atoms with Crippen LogP contribution in [0.15, 0.2) is 267 Å². The molecule has 0 N–H and O–H groups in total. The largest absolute Gasteiger partial charge is 0.310 e. The van der Waals surface area contributed by atoms with Crippen LogP contribution in [0.4, 0.5) is 17.1 Å². The van der Waals surface area contributed by atoms with Gasteiger partial charge >= 0.3 is 0 Å². The zero-order valence-corrected chi connectivity index (χ0v) is 36.3. The monoisotopic (exact) mass is 840 g/mol. The third-order valence-electron chi connectivity index (χ3n) is 13.0. The van der Waals surface area contributed by atoms with Gasteiger partial charge in [-0.05, 0) is 128 Å². The second kappa shape index (κ2) is 16.8. The molecule has 0 bridgehead atoms. The molecule has 0 atom stereocenters. The maximum atomic E-state index is 2.41. The van der Waals surface area contributed by atoms with Crippen LogP contribution in [0.25, 0.3) is 93.9 Å². The van der Waals surface area contributed by atoms with Crippen molar-refractivity contribution in [2.24, 2.45) is 0 Å². The van der Waals surface area contributed by atoms with Crippen LogP contribution in [0.1, 0.15) is 0 Å². The molecule has 0 unspecified atom stereocenters. The molecule has 66 heavy (non-hydrogen) atoms. The fourth-order valence-electron chi connectivity index (χ4n) is 9.75. The highest BCUT2D eigenvalue weighted by atomic mass is 15.1. The van der Waals surface area contributed by atoms with E-state index in [2.05, 4.69) is 276 Å². The maximum Gasteiger partial charge on any atom is 0.0547 e. The topological polar surface area (TPSA) is 8.17 Å². The fraction of sp³-hybridized carbons (Fsp3) is 0. The van der Waals surface area contributed by atoms with Gasteiger partial charge in [-0.25, -0.2) is 0 Å². The SMILES string of the molecule is c1ccc(-c2ccc(N(c3ccc(-c4ccccc4)cc3)c3ccccc3-c3ccc(-c4ccc5ccccc5c4)cc3-c3ccc4c5ccccc5n(-c5ccccc5)c4c3)cc2)cc1. The van der Waals surface area contributed by atoms with E-state index in [1.807, 2.05) is 0 Å². The Morgan fingerprint density at radius 2 is 0.758 bits per heavy atom. The molecule has 1 heterocycles. The number of para-hydroxylation sites is 3. The minimum atomic E-state index is 1.08. The van der Waals surface area contributed by atoms with Crippen LogP contribution in [0.3, 0.4) is 0 Å². The molecule has 2 nitrogen and oxygen atoms in total. The molecule has 0 aliphatic carbocycles.